The molecule has 360 valence electrons. The molecule has 0 unspecified atom stereocenters. The zero-order valence-corrected chi connectivity index (χ0v) is 39.7. The minimum atomic E-state index is -0.0221. The smallest absolute Gasteiger partial charge is 0.186 e. The van der Waals surface area contributed by atoms with Crippen LogP contribution in [0.4, 0.5) is 0 Å². The van der Waals surface area contributed by atoms with Crippen LogP contribution in [-0.2, 0) is 61.3 Å². The van der Waals surface area contributed by atoms with Gasteiger partial charge in [-0.05, 0) is 115 Å². The first kappa shape index (κ1) is 54.6. The van der Waals surface area contributed by atoms with Gasteiger partial charge in [0.05, 0.1) is 52.6 Å². The monoisotopic (exact) mass is 992 g/mol. The molecule has 0 atom stereocenters. The molecule has 18 nitrogen and oxygen atoms in total. The van der Waals surface area contributed by atoms with Crippen LogP contribution in [0.15, 0.2) is 68.5 Å². The molecular weight excluding hydrogens is 934 g/mol. The lowest BCUT2D eigenvalue weighted by Crippen LogP contribution is -2.22. The van der Waals surface area contributed by atoms with Crippen LogP contribution in [-0.4, -0.2) is 76.7 Å². The van der Waals surface area contributed by atoms with Gasteiger partial charge in [-0.1, -0.05) is 0 Å². The molecule has 0 fully saturated rings. The first-order valence-corrected chi connectivity index (χ1v) is 20.5. The number of guanidine groups is 4. The van der Waals surface area contributed by atoms with E-state index in [-0.39, 0.29) is 99.6 Å². The summed E-state index contributed by atoms with van der Waals surface area (Å²) in [5.74, 6) is 2.70. The Morgan fingerprint density at radius 3 is 0.667 bits per heavy atom. The van der Waals surface area contributed by atoms with E-state index in [4.69, 9.17) is 74.3 Å². The van der Waals surface area contributed by atoms with Crippen molar-refractivity contribution in [2.45, 2.75) is 51.9 Å². The summed E-state index contributed by atoms with van der Waals surface area (Å²) in [6, 6.07) is 16.5. The van der Waals surface area contributed by atoms with Crippen LogP contribution in [0.1, 0.15) is 66.8 Å². The highest BCUT2D eigenvalue weighted by atomic mass is 35.5. The predicted molar refractivity (Wildman–Crippen MR) is 268 cm³/mol. The Bertz CT molecular complexity index is 2080. The molecule has 0 saturated heterocycles. The molecule has 0 aromatic heterocycles. The van der Waals surface area contributed by atoms with Crippen molar-refractivity contribution in [1.29, 1.82) is 0 Å². The van der Waals surface area contributed by atoms with Crippen LogP contribution in [0.5, 0.6) is 23.0 Å². The Balaban J connectivity index is 0.00000289. The fraction of sp³-hybridized carbons (Fsp3) is 0.364. The summed E-state index contributed by atoms with van der Waals surface area (Å²) in [4.78, 5) is 17.6. The summed E-state index contributed by atoms with van der Waals surface area (Å²) in [6.45, 7) is 3.50. The average Bonchev–Trinajstić information content (AvgIpc) is 3.21. The van der Waals surface area contributed by atoms with E-state index in [2.05, 4.69) is 68.5 Å². The Hall–Kier alpha value is -5.76. The molecule has 66 heavy (non-hydrogen) atoms. The molecule has 0 radical (unpaired) electrons. The number of aliphatic imine (C=N–C) groups is 4. The van der Waals surface area contributed by atoms with Crippen molar-refractivity contribution in [3.8, 4) is 23.0 Å². The Morgan fingerprint density at radius 1 is 0.318 bits per heavy atom. The second-order valence-electron chi connectivity index (χ2n) is 15.3. The highest BCUT2D eigenvalue weighted by Crippen LogP contribution is 2.41. The van der Waals surface area contributed by atoms with Gasteiger partial charge >= 0.3 is 0 Å². The lowest BCUT2D eigenvalue weighted by molar-refractivity contribution is 0.0744. The average molecular weight is 995 g/mol. The van der Waals surface area contributed by atoms with Gasteiger partial charge in [0.2, 0.25) is 0 Å². The molecule has 7 rings (SSSR count). The van der Waals surface area contributed by atoms with Gasteiger partial charge in [0.1, 0.15) is 49.4 Å². The maximum absolute atomic E-state index is 6.72. The Labute approximate surface area is 408 Å². The van der Waals surface area contributed by atoms with Crippen molar-refractivity contribution < 1.29 is 28.4 Å². The van der Waals surface area contributed by atoms with Crippen molar-refractivity contribution in [3.05, 3.63) is 115 Å². The molecule has 0 amide bonds. The third kappa shape index (κ3) is 14.6. The van der Waals surface area contributed by atoms with E-state index in [1.54, 1.807) is 0 Å². The van der Waals surface area contributed by atoms with E-state index in [1.807, 2.05) is 0 Å². The quantitative estimate of drug-likeness (QED) is 0.0819. The molecule has 22 heteroatoms. The standard InChI is InChI=1S/C44H56N12O6.4ClH/c45-41(46)53-21-25-9-29-17-30-10-26(22-54-42(47)48)15-35-20-36-16-28(24-56-44(51)52)12-32-18-31-11-27(23-55-43(49)50)14-34(39(31)61-7-3-58-4-8-62-40(32)36)19-33(13-25)37(29)59-5-1-57-2-6-60-38(30)35;;;;/h9-16H,1-8,17-24H2,(H4,45,46,53)(H4,47,48,54)(H4,49,50,55)(H4,51,52,56);4*1H. The van der Waals surface area contributed by atoms with Crippen molar-refractivity contribution in [2.75, 3.05) is 52.9 Å². The predicted octanol–water partition coefficient (Wildman–Crippen LogP) is 2.72. The van der Waals surface area contributed by atoms with Crippen LogP contribution >= 0.6 is 49.6 Å². The van der Waals surface area contributed by atoms with Gasteiger partial charge in [-0.15, -0.1) is 49.6 Å². The van der Waals surface area contributed by atoms with Gasteiger partial charge in [0.15, 0.2) is 23.8 Å². The van der Waals surface area contributed by atoms with Gasteiger partial charge in [-0.3, -0.25) is 0 Å². The number of nitrogens with two attached hydrogens (primary N) is 8. The molecular formula is C44H60Cl4N12O6. The molecule has 4 aromatic rings. The first-order chi connectivity index (χ1) is 30.0. The molecule has 3 aliphatic rings. The highest BCUT2D eigenvalue weighted by molar-refractivity contribution is 5.86. The van der Waals surface area contributed by atoms with Gasteiger partial charge in [0, 0.05) is 25.7 Å². The van der Waals surface area contributed by atoms with Crippen LogP contribution < -0.4 is 64.8 Å². The van der Waals surface area contributed by atoms with Gasteiger partial charge < -0.3 is 74.3 Å². The van der Waals surface area contributed by atoms with Crippen LogP contribution in [0.25, 0.3) is 0 Å². The number of hydrogen-bond donors (Lipinski definition) is 8. The maximum Gasteiger partial charge on any atom is 0.186 e. The summed E-state index contributed by atoms with van der Waals surface area (Å²) >= 11 is 0. The number of halogens is 4. The number of nitrogens with zero attached hydrogens (tertiary/aromatic N) is 4. The summed E-state index contributed by atoms with van der Waals surface area (Å²) in [7, 11) is 0. The van der Waals surface area contributed by atoms with Crippen molar-refractivity contribution in [1.82, 2.24) is 0 Å². The van der Waals surface area contributed by atoms with Crippen LogP contribution in [0, 0.1) is 0 Å². The lowest BCUT2D eigenvalue weighted by atomic mass is 9.88. The summed E-state index contributed by atoms with van der Waals surface area (Å²) < 4.78 is 39.0. The van der Waals surface area contributed by atoms with Gasteiger partial charge in [-0.25, -0.2) is 20.0 Å². The molecule has 0 saturated carbocycles. The first-order valence-electron chi connectivity index (χ1n) is 20.5. The van der Waals surface area contributed by atoms with Crippen molar-refractivity contribution in [3.63, 3.8) is 0 Å². The topological polar surface area (TPSA) is 313 Å². The van der Waals surface area contributed by atoms with E-state index < -0.39 is 0 Å². The minimum Gasteiger partial charge on any atom is -0.491 e. The SMILES string of the molecule is Cl.Cl.Cl.Cl.NC(N)=NCc1cc2c3c(c1)Cc1cc(CN=C(N)N)cc4c1OCCOCCOc1c(cc(CN=C(N)N)cc1Cc1cc(CN=C(N)N)cc(c1OCCOCCO3)C2)C4. The summed E-state index contributed by atoms with van der Waals surface area (Å²) in [5, 5.41) is 0. The molecule has 4 aromatic carbocycles. The van der Waals surface area contributed by atoms with Crippen molar-refractivity contribution in [2.24, 2.45) is 65.8 Å². The van der Waals surface area contributed by atoms with E-state index >= 15 is 0 Å². The number of hydrogen-bond acceptors (Lipinski definition) is 10. The number of ether oxygens (including phenoxy) is 6. The van der Waals surface area contributed by atoms with Crippen molar-refractivity contribution >= 4 is 73.5 Å². The largest absolute Gasteiger partial charge is 0.491 e. The van der Waals surface area contributed by atoms with E-state index in [0.29, 0.717) is 102 Å². The highest BCUT2D eigenvalue weighted by Gasteiger charge is 2.25. The Morgan fingerprint density at radius 2 is 0.500 bits per heavy atom. The second kappa shape index (κ2) is 25.8. The van der Waals surface area contributed by atoms with E-state index in [1.165, 1.54) is 0 Å². The molecule has 2 heterocycles. The Kier molecular flexibility index (Phi) is 21.3. The van der Waals surface area contributed by atoms with Gasteiger partial charge in [0.25, 0.3) is 0 Å². The number of benzene rings is 4. The second-order valence-corrected chi connectivity index (χ2v) is 15.3. The fourth-order valence-corrected chi connectivity index (χ4v) is 8.03. The number of rotatable bonds is 8. The lowest BCUT2D eigenvalue weighted by Gasteiger charge is -2.25. The van der Waals surface area contributed by atoms with Crippen LogP contribution in [0.2, 0.25) is 0 Å². The summed E-state index contributed by atoms with van der Waals surface area (Å²) in [5.41, 5.74) is 57.5. The van der Waals surface area contributed by atoms with E-state index in [9.17, 15) is 0 Å². The van der Waals surface area contributed by atoms with E-state index in [0.717, 1.165) is 66.8 Å². The third-order valence-electron chi connectivity index (χ3n) is 10.4. The minimum absolute atomic E-state index is 0. The van der Waals surface area contributed by atoms with Crippen LogP contribution in [0.3, 0.4) is 0 Å². The zero-order chi connectivity index (χ0) is 43.6. The maximum atomic E-state index is 6.72. The molecule has 0 spiro atoms. The molecule has 1 aliphatic carbocycles. The molecule has 16 N–H and O–H groups in total. The third-order valence-corrected chi connectivity index (χ3v) is 10.4. The molecule has 2 aliphatic heterocycles. The molecule has 12 bridgehead atoms. The normalized spacial score (nSPS) is 13.9. The van der Waals surface area contributed by atoms with Gasteiger partial charge in [-0.2, -0.15) is 0 Å². The zero-order valence-electron chi connectivity index (χ0n) is 36.4. The summed E-state index contributed by atoms with van der Waals surface area (Å²) in [6.07, 6.45) is 1.59. The fourth-order valence-electron chi connectivity index (χ4n) is 8.03.